The van der Waals surface area contributed by atoms with Crippen molar-refractivity contribution >= 4 is 0 Å². The molecule has 20 heavy (non-hydrogen) atoms. The fourth-order valence-electron chi connectivity index (χ4n) is 3.06. The molecular weight excluding hydrogens is 258 g/mol. The van der Waals surface area contributed by atoms with Crippen molar-refractivity contribution in [3.8, 4) is 5.75 Å². The zero-order chi connectivity index (χ0) is 14.4. The summed E-state index contributed by atoms with van der Waals surface area (Å²) in [6, 6.07) is 3.70. The number of halogens is 2. The number of ether oxygens (including phenoxy) is 1. The van der Waals surface area contributed by atoms with Crippen LogP contribution in [0.3, 0.4) is 0 Å². The lowest BCUT2D eigenvalue weighted by atomic mass is 9.79. The fraction of sp³-hybridized carbons (Fsp3) is 0.647. The minimum absolute atomic E-state index is 0.415. The van der Waals surface area contributed by atoms with Gasteiger partial charge in [0.1, 0.15) is 5.75 Å². The zero-order valence-corrected chi connectivity index (χ0v) is 12.2. The van der Waals surface area contributed by atoms with Crippen molar-refractivity contribution in [2.45, 2.75) is 51.9 Å². The first kappa shape index (κ1) is 15.3. The minimum atomic E-state index is -0.847. The molecule has 1 aromatic carbocycles. The lowest BCUT2D eigenvalue weighted by Gasteiger charge is -2.27. The van der Waals surface area contributed by atoms with Gasteiger partial charge in [0, 0.05) is 6.07 Å². The van der Waals surface area contributed by atoms with Crippen molar-refractivity contribution in [2.75, 3.05) is 6.61 Å². The molecule has 0 unspecified atom stereocenters. The first-order valence-electron chi connectivity index (χ1n) is 7.77. The van der Waals surface area contributed by atoms with E-state index < -0.39 is 11.6 Å². The van der Waals surface area contributed by atoms with E-state index in [2.05, 4.69) is 6.92 Å². The molecule has 0 atom stereocenters. The molecule has 0 spiro atoms. The highest BCUT2D eigenvalue weighted by Gasteiger charge is 2.19. The molecule has 2 rings (SSSR count). The summed E-state index contributed by atoms with van der Waals surface area (Å²) in [4.78, 5) is 0. The van der Waals surface area contributed by atoms with Crippen molar-refractivity contribution in [1.82, 2.24) is 0 Å². The van der Waals surface area contributed by atoms with E-state index in [1.165, 1.54) is 44.6 Å². The first-order chi connectivity index (χ1) is 9.69. The summed E-state index contributed by atoms with van der Waals surface area (Å²) in [5.74, 6) is 0.500. The van der Waals surface area contributed by atoms with Crippen LogP contribution in [0.25, 0.3) is 0 Å². The van der Waals surface area contributed by atoms with Gasteiger partial charge in [0.25, 0.3) is 0 Å². The molecule has 1 saturated carbocycles. The van der Waals surface area contributed by atoms with Gasteiger partial charge in [-0.15, -0.1) is 0 Å². The second-order valence-electron chi connectivity index (χ2n) is 5.86. The third-order valence-corrected chi connectivity index (χ3v) is 4.46. The van der Waals surface area contributed by atoms with Crippen molar-refractivity contribution in [2.24, 2.45) is 11.8 Å². The monoisotopic (exact) mass is 282 g/mol. The summed E-state index contributed by atoms with van der Waals surface area (Å²) in [7, 11) is 0. The largest absolute Gasteiger partial charge is 0.493 e. The normalized spacial score (nSPS) is 22.8. The van der Waals surface area contributed by atoms with E-state index in [9.17, 15) is 8.78 Å². The molecular formula is C17H24F2O. The van der Waals surface area contributed by atoms with E-state index >= 15 is 0 Å². The van der Waals surface area contributed by atoms with Gasteiger partial charge in [0.2, 0.25) is 0 Å². The van der Waals surface area contributed by atoms with Gasteiger partial charge < -0.3 is 4.74 Å². The highest BCUT2D eigenvalue weighted by molar-refractivity contribution is 5.23. The minimum Gasteiger partial charge on any atom is -0.493 e. The molecule has 1 nitrogen and oxygen atoms in total. The zero-order valence-electron chi connectivity index (χ0n) is 12.2. The predicted molar refractivity (Wildman–Crippen MR) is 76.8 cm³/mol. The third-order valence-electron chi connectivity index (χ3n) is 4.46. The van der Waals surface area contributed by atoms with Gasteiger partial charge >= 0.3 is 0 Å². The van der Waals surface area contributed by atoms with Crippen molar-refractivity contribution in [3.05, 3.63) is 29.8 Å². The molecule has 3 heteroatoms. The molecule has 0 bridgehead atoms. The Bertz CT molecular complexity index is 411. The smallest absolute Gasteiger partial charge is 0.162 e. The molecule has 0 radical (unpaired) electrons. The van der Waals surface area contributed by atoms with E-state index in [1.54, 1.807) is 0 Å². The van der Waals surface area contributed by atoms with E-state index in [0.29, 0.717) is 12.4 Å². The van der Waals surface area contributed by atoms with Crippen LogP contribution in [-0.2, 0) is 0 Å². The molecule has 1 fully saturated rings. The molecule has 1 aromatic rings. The van der Waals surface area contributed by atoms with Gasteiger partial charge in [0.15, 0.2) is 11.6 Å². The standard InChI is InChI=1S/C17H24F2O/c1-2-13-5-7-14(8-6-13)4-3-11-20-15-9-10-16(18)17(19)12-15/h9-10,12-14H,2-8,11H2,1H3/t13-,14-. The first-order valence-corrected chi connectivity index (χ1v) is 7.77. The summed E-state index contributed by atoms with van der Waals surface area (Å²) in [6.07, 6.45) is 8.89. The molecule has 0 aliphatic heterocycles. The van der Waals surface area contributed by atoms with Crippen LogP contribution in [0.1, 0.15) is 51.9 Å². The Kier molecular flexibility index (Phi) is 5.81. The van der Waals surface area contributed by atoms with Crippen LogP contribution in [0.15, 0.2) is 18.2 Å². The molecule has 112 valence electrons. The summed E-state index contributed by atoms with van der Waals surface area (Å²) >= 11 is 0. The fourth-order valence-corrected chi connectivity index (χ4v) is 3.06. The summed E-state index contributed by atoms with van der Waals surface area (Å²) in [6.45, 7) is 2.86. The van der Waals surface area contributed by atoms with E-state index in [1.807, 2.05) is 0 Å². The van der Waals surface area contributed by atoms with E-state index in [-0.39, 0.29) is 0 Å². The van der Waals surface area contributed by atoms with Crippen LogP contribution < -0.4 is 4.74 Å². The third kappa shape index (κ3) is 4.46. The second kappa shape index (κ2) is 7.61. The molecule has 0 amide bonds. The van der Waals surface area contributed by atoms with Crippen LogP contribution in [-0.4, -0.2) is 6.61 Å². The Morgan fingerprint density at radius 1 is 1.05 bits per heavy atom. The Balaban J connectivity index is 1.63. The lowest BCUT2D eigenvalue weighted by molar-refractivity contribution is 0.233. The molecule has 0 saturated heterocycles. The van der Waals surface area contributed by atoms with Crippen LogP contribution >= 0.6 is 0 Å². The topological polar surface area (TPSA) is 9.23 Å². The maximum Gasteiger partial charge on any atom is 0.162 e. The number of hydrogen-bond acceptors (Lipinski definition) is 1. The Morgan fingerprint density at radius 3 is 2.40 bits per heavy atom. The SMILES string of the molecule is CC[C@H]1CC[C@H](CCCOc2ccc(F)c(F)c2)CC1. The van der Waals surface area contributed by atoms with Crippen LogP contribution in [0, 0.1) is 23.5 Å². The highest BCUT2D eigenvalue weighted by Crippen LogP contribution is 2.32. The molecule has 1 aliphatic rings. The van der Waals surface area contributed by atoms with Crippen LogP contribution in [0.2, 0.25) is 0 Å². The van der Waals surface area contributed by atoms with E-state index in [0.717, 1.165) is 30.4 Å². The van der Waals surface area contributed by atoms with Crippen molar-refractivity contribution < 1.29 is 13.5 Å². The lowest BCUT2D eigenvalue weighted by Crippen LogP contribution is -2.14. The van der Waals surface area contributed by atoms with Gasteiger partial charge in [0.05, 0.1) is 6.61 Å². The predicted octanol–water partition coefficient (Wildman–Crippen LogP) is 5.34. The summed E-state index contributed by atoms with van der Waals surface area (Å²) < 4.78 is 31.2. The average molecular weight is 282 g/mol. The Hall–Kier alpha value is -1.12. The quantitative estimate of drug-likeness (QED) is 0.640. The van der Waals surface area contributed by atoms with Crippen molar-refractivity contribution in [1.29, 1.82) is 0 Å². The number of hydrogen-bond donors (Lipinski definition) is 0. The van der Waals surface area contributed by atoms with Gasteiger partial charge in [-0.1, -0.05) is 39.0 Å². The van der Waals surface area contributed by atoms with Gasteiger partial charge in [-0.2, -0.15) is 0 Å². The van der Waals surface area contributed by atoms with Crippen LogP contribution in [0.5, 0.6) is 5.75 Å². The number of rotatable bonds is 6. The summed E-state index contributed by atoms with van der Waals surface area (Å²) in [5.41, 5.74) is 0. The van der Waals surface area contributed by atoms with Gasteiger partial charge in [-0.05, 0) is 36.8 Å². The number of benzene rings is 1. The molecule has 0 N–H and O–H groups in total. The maximum absolute atomic E-state index is 13.0. The average Bonchev–Trinajstić information content (AvgIpc) is 2.48. The van der Waals surface area contributed by atoms with Gasteiger partial charge in [-0.3, -0.25) is 0 Å². The van der Waals surface area contributed by atoms with Crippen molar-refractivity contribution in [3.63, 3.8) is 0 Å². The molecule has 1 aliphatic carbocycles. The van der Waals surface area contributed by atoms with E-state index in [4.69, 9.17) is 4.74 Å². The highest BCUT2D eigenvalue weighted by atomic mass is 19.2. The second-order valence-corrected chi connectivity index (χ2v) is 5.86. The summed E-state index contributed by atoms with van der Waals surface area (Å²) in [5, 5.41) is 0. The van der Waals surface area contributed by atoms with Crippen LogP contribution in [0.4, 0.5) is 8.78 Å². The Labute approximate surface area is 120 Å². The Morgan fingerprint density at radius 2 is 1.75 bits per heavy atom. The molecule has 0 aromatic heterocycles. The maximum atomic E-state index is 13.0. The molecule has 0 heterocycles. The van der Waals surface area contributed by atoms with Gasteiger partial charge in [-0.25, -0.2) is 8.78 Å².